The van der Waals surface area contributed by atoms with Gasteiger partial charge in [-0.1, -0.05) is 12.1 Å². The van der Waals surface area contributed by atoms with Crippen LogP contribution in [0.25, 0.3) is 0 Å². The highest BCUT2D eigenvalue weighted by atomic mass is 19.1. The Hall–Kier alpha value is -2.43. The highest BCUT2D eigenvalue weighted by Crippen LogP contribution is 2.25. The Morgan fingerprint density at radius 3 is 2.40 bits per heavy atom. The standard InChI is InChI=1S/C15H13F2NO2/c1-19-12-5-2-10(3-6-12)9-20-15-13(16)7-4-11(8-18)14(15)17/h2-8,18H,9H2,1H3. The van der Waals surface area contributed by atoms with Gasteiger partial charge in [0.2, 0.25) is 0 Å². The Morgan fingerprint density at radius 2 is 1.80 bits per heavy atom. The van der Waals surface area contributed by atoms with E-state index in [2.05, 4.69) is 0 Å². The molecule has 0 bridgehead atoms. The second-order valence-corrected chi connectivity index (χ2v) is 4.06. The van der Waals surface area contributed by atoms with Gasteiger partial charge in [-0.3, -0.25) is 0 Å². The van der Waals surface area contributed by atoms with Gasteiger partial charge in [-0.15, -0.1) is 0 Å². The van der Waals surface area contributed by atoms with Crippen LogP contribution < -0.4 is 9.47 Å². The van der Waals surface area contributed by atoms with Gasteiger partial charge in [-0.2, -0.15) is 0 Å². The average Bonchev–Trinajstić information content (AvgIpc) is 2.48. The molecule has 104 valence electrons. The summed E-state index contributed by atoms with van der Waals surface area (Å²) in [5.41, 5.74) is 0.737. The van der Waals surface area contributed by atoms with Crippen molar-refractivity contribution >= 4 is 6.21 Å². The third-order valence-electron chi connectivity index (χ3n) is 2.78. The molecule has 0 unspecified atom stereocenters. The molecule has 2 aromatic rings. The fourth-order valence-corrected chi connectivity index (χ4v) is 1.67. The van der Waals surface area contributed by atoms with Crippen LogP contribution in [0.4, 0.5) is 8.78 Å². The van der Waals surface area contributed by atoms with Crippen molar-refractivity contribution in [2.75, 3.05) is 7.11 Å². The predicted molar refractivity (Wildman–Crippen MR) is 71.6 cm³/mol. The maximum atomic E-state index is 13.8. The predicted octanol–water partition coefficient (Wildman–Crippen LogP) is 3.55. The van der Waals surface area contributed by atoms with Crippen LogP contribution in [0.5, 0.6) is 11.5 Å². The molecule has 0 radical (unpaired) electrons. The van der Waals surface area contributed by atoms with Crippen molar-refractivity contribution in [2.24, 2.45) is 0 Å². The maximum absolute atomic E-state index is 13.8. The first-order valence-electron chi connectivity index (χ1n) is 5.90. The van der Waals surface area contributed by atoms with Crippen molar-refractivity contribution in [3.05, 3.63) is 59.2 Å². The summed E-state index contributed by atoms with van der Waals surface area (Å²) in [4.78, 5) is 0. The molecule has 5 heteroatoms. The molecule has 0 amide bonds. The molecule has 0 saturated carbocycles. The number of hydrogen-bond acceptors (Lipinski definition) is 3. The summed E-state index contributed by atoms with van der Waals surface area (Å²) in [6, 6.07) is 9.23. The van der Waals surface area contributed by atoms with Gasteiger partial charge in [0.05, 0.1) is 7.11 Å². The Balaban J connectivity index is 2.15. The number of halogens is 2. The minimum absolute atomic E-state index is 0.0175. The van der Waals surface area contributed by atoms with Crippen molar-refractivity contribution in [3.63, 3.8) is 0 Å². The number of hydrogen-bond donors (Lipinski definition) is 1. The van der Waals surface area contributed by atoms with Gasteiger partial charge in [0.15, 0.2) is 17.4 Å². The number of benzene rings is 2. The molecule has 0 saturated heterocycles. The second-order valence-electron chi connectivity index (χ2n) is 4.06. The minimum Gasteiger partial charge on any atom is -0.497 e. The zero-order chi connectivity index (χ0) is 14.5. The van der Waals surface area contributed by atoms with Gasteiger partial charge in [-0.05, 0) is 29.8 Å². The number of rotatable bonds is 5. The molecule has 20 heavy (non-hydrogen) atoms. The summed E-state index contributed by atoms with van der Waals surface area (Å²) in [5, 5.41) is 7.04. The van der Waals surface area contributed by atoms with Crippen LogP contribution >= 0.6 is 0 Å². The molecule has 2 rings (SSSR count). The van der Waals surface area contributed by atoms with E-state index in [0.29, 0.717) is 5.75 Å². The topological polar surface area (TPSA) is 42.3 Å². The van der Waals surface area contributed by atoms with E-state index in [1.165, 1.54) is 6.07 Å². The highest BCUT2D eigenvalue weighted by Gasteiger charge is 2.14. The molecule has 3 nitrogen and oxygen atoms in total. The minimum atomic E-state index is -0.867. The van der Waals surface area contributed by atoms with Crippen molar-refractivity contribution < 1.29 is 18.3 Å². The normalized spacial score (nSPS) is 10.2. The smallest absolute Gasteiger partial charge is 0.191 e. The quantitative estimate of drug-likeness (QED) is 0.849. The zero-order valence-electron chi connectivity index (χ0n) is 10.8. The zero-order valence-corrected chi connectivity index (χ0v) is 10.8. The van der Waals surface area contributed by atoms with Crippen LogP contribution in [0.15, 0.2) is 36.4 Å². The molecule has 0 atom stereocenters. The molecule has 0 heterocycles. The first-order chi connectivity index (χ1) is 9.65. The Labute approximate surface area is 115 Å². The number of nitrogens with one attached hydrogen (secondary N) is 1. The SMILES string of the molecule is COc1ccc(COc2c(F)ccc(C=N)c2F)cc1. The van der Waals surface area contributed by atoms with Gasteiger partial charge in [0.25, 0.3) is 0 Å². The Kier molecular flexibility index (Phi) is 4.30. The third kappa shape index (κ3) is 2.93. The van der Waals surface area contributed by atoms with Crippen molar-refractivity contribution in [3.8, 4) is 11.5 Å². The van der Waals surface area contributed by atoms with Crippen molar-refractivity contribution in [2.45, 2.75) is 6.61 Å². The van der Waals surface area contributed by atoms with Crippen molar-refractivity contribution in [1.82, 2.24) is 0 Å². The molecule has 0 fully saturated rings. The monoisotopic (exact) mass is 277 g/mol. The van der Waals surface area contributed by atoms with Gasteiger partial charge in [0.1, 0.15) is 12.4 Å². The van der Waals surface area contributed by atoms with E-state index in [-0.39, 0.29) is 12.2 Å². The fourth-order valence-electron chi connectivity index (χ4n) is 1.67. The van der Waals surface area contributed by atoms with Crippen LogP contribution in [0.3, 0.4) is 0 Å². The average molecular weight is 277 g/mol. The van der Waals surface area contributed by atoms with Gasteiger partial charge >= 0.3 is 0 Å². The van der Waals surface area contributed by atoms with Gasteiger partial charge < -0.3 is 14.9 Å². The Bertz CT molecular complexity index is 612. The molecular weight excluding hydrogens is 264 g/mol. The lowest BCUT2D eigenvalue weighted by Gasteiger charge is -2.10. The van der Waals surface area contributed by atoms with E-state index >= 15 is 0 Å². The van der Waals surface area contributed by atoms with E-state index in [9.17, 15) is 8.78 Å². The van der Waals surface area contributed by atoms with E-state index in [0.717, 1.165) is 17.8 Å². The largest absolute Gasteiger partial charge is 0.497 e. The molecule has 0 aliphatic rings. The van der Waals surface area contributed by atoms with E-state index in [1.54, 1.807) is 31.4 Å². The Morgan fingerprint density at radius 1 is 1.10 bits per heavy atom. The van der Waals surface area contributed by atoms with Gasteiger partial charge in [0, 0.05) is 11.8 Å². The van der Waals surface area contributed by atoms with Crippen LogP contribution in [0.2, 0.25) is 0 Å². The molecule has 2 aromatic carbocycles. The van der Waals surface area contributed by atoms with Crippen LogP contribution in [0, 0.1) is 17.0 Å². The summed E-state index contributed by atoms with van der Waals surface area (Å²) >= 11 is 0. The van der Waals surface area contributed by atoms with E-state index < -0.39 is 17.4 Å². The van der Waals surface area contributed by atoms with E-state index in [4.69, 9.17) is 14.9 Å². The maximum Gasteiger partial charge on any atom is 0.191 e. The molecule has 1 N–H and O–H groups in total. The van der Waals surface area contributed by atoms with Crippen molar-refractivity contribution in [1.29, 1.82) is 5.41 Å². The van der Waals surface area contributed by atoms with Gasteiger partial charge in [-0.25, -0.2) is 8.78 Å². The van der Waals surface area contributed by atoms with E-state index in [1.807, 2.05) is 0 Å². The summed E-state index contributed by atoms with van der Waals surface area (Å²) in [6.45, 7) is 0.0271. The summed E-state index contributed by atoms with van der Waals surface area (Å²) in [6.07, 6.45) is 0.814. The third-order valence-corrected chi connectivity index (χ3v) is 2.78. The summed E-state index contributed by atoms with van der Waals surface area (Å²) < 4.78 is 37.5. The fraction of sp³-hybridized carbons (Fsp3) is 0.133. The number of ether oxygens (including phenoxy) is 2. The van der Waals surface area contributed by atoms with Crippen LogP contribution in [-0.2, 0) is 6.61 Å². The van der Waals surface area contributed by atoms with Crippen LogP contribution in [0.1, 0.15) is 11.1 Å². The molecule has 0 spiro atoms. The lowest BCUT2D eigenvalue weighted by atomic mass is 10.2. The lowest BCUT2D eigenvalue weighted by Crippen LogP contribution is -2.02. The van der Waals surface area contributed by atoms with Crippen LogP contribution in [-0.4, -0.2) is 13.3 Å². The molecule has 0 aliphatic heterocycles. The number of methoxy groups -OCH3 is 1. The molecule has 0 aromatic heterocycles. The molecule has 0 aliphatic carbocycles. The first kappa shape index (κ1) is 14.0. The molecular formula is C15H13F2NO2. The lowest BCUT2D eigenvalue weighted by molar-refractivity contribution is 0.274. The first-order valence-corrected chi connectivity index (χ1v) is 5.90. The second kappa shape index (κ2) is 6.14. The highest BCUT2D eigenvalue weighted by molar-refractivity contribution is 5.78. The summed E-state index contributed by atoms with van der Waals surface area (Å²) in [7, 11) is 1.55. The summed E-state index contributed by atoms with van der Waals surface area (Å²) in [5.74, 6) is -1.44.